The molecule has 2 N–H and O–H groups in total. The average Bonchev–Trinajstić information content (AvgIpc) is 2.60. The first-order valence-corrected chi connectivity index (χ1v) is 7.30. The molecular weight excluding hydrogens is 334 g/mol. The smallest absolute Gasteiger partial charge is 0.408 e. The predicted octanol–water partition coefficient (Wildman–Crippen LogP) is 3.55. The van der Waals surface area contributed by atoms with E-state index in [9.17, 15) is 9.59 Å². The highest BCUT2D eigenvalue weighted by atomic mass is 79.9. The van der Waals surface area contributed by atoms with Crippen LogP contribution in [0, 0.1) is 0 Å². The average molecular weight is 350 g/mol. The van der Waals surface area contributed by atoms with Crippen LogP contribution in [0.4, 0.5) is 4.79 Å². The maximum atomic E-state index is 11.7. The fraction of sp³-hybridized carbons (Fsp3) is 0.500. The Balaban J connectivity index is 2.76. The number of amides is 1. The Morgan fingerprint density at radius 1 is 1.53 bits per heavy atom. The zero-order chi connectivity index (χ0) is 14.6. The summed E-state index contributed by atoms with van der Waals surface area (Å²) in [6.45, 7) is 5.25. The van der Waals surface area contributed by atoms with Crippen molar-refractivity contribution in [1.29, 1.82) is 0 Å². The molecule has 0 aliphatic rings. The van der Waals surface area contributed by atoms with Gasteiger partial charge in [0.2, 0.25) is 0 Å². The molecule has 1 atom stereocenters. The fourth-order valence-electron chi connectivity index (χ4n) is 1.38. The van der Waals surface area contributed by atoms with E-state index in [0.717, 1.165) is 9.35 Å². The summed E-state index contributed by atoms with van der Waals surface area (Å²) >= 11 is 4.74. The summed E-state index contributed by atoms with van der Waals surface area (Å²) in [5.41, 5.74) is 0.123. The molecule has 5 nitrogen and oxygen atoms in total. The van der Waals surface area contributed by atoms with Crippen LogP contribution >= 0.6 is 27.3 Å². The number of alkyl carbamates (subject to hydrolysis) is 1. The molecule has 0 aliphatic heterocycles. The first-order chi connectivity index (χ1) is 8.67. The van der Waals surface area contributed by atoms with Crippen molar-refractivity contribution in [2.24, 2.45) is 0 Å². The van der Waals surface area contributed by atoms with Crippen LogP contribution in [0.1, 0.15) is 38.8 Å². The van der Waals surface area contributed by atoms with Gasteiger partial charge in [0.1, 0.15) is 5.60 Å². The van der Waals surface area contributed by atoms with Crippen molar-refractivity contribution >= 4 is 39.3 Å². The van der Waals surface area contributed by atoms with Crippen LogP contribution < -0.4 is 5.32 Å². The molecule has 1 rings (SSSR count). The molecule has 7 heteroatoms. The fourth-order valence-corrected chi connectivity index (χ4v) is 2.61. The maximum absolute atomic E-state index is 11.7. The van der Waals surface area contributed by atoms with E-state index in [-0.39, 0.29) is 6.42 Å². The lowest BCUT2D eigenvalue weighted by Gasteiger charge is -2.22. The molecule has 0 saturated carbocycles. The Hall–Kier alpha value is -1.08. The van der Waals surface area contributed by atoms with E-state index in [2.05, 4.69) is 21.2 Å². The number of rotatable bonds is 4. The van der Waals surface area contributed by atoms with E-state index in [4.69, 9.17) is 9.84 Å². The van der Waals surface area contributed by atoms with Crippen LogP contribution in [-0.4, -0.2) is 22.8 Å². The van der Waals surface area contributed by atoms with E-state index in [0.29, 0.717) is 0 Å². The zero-order valence-electron chi connectivity index (χ0n) is 10.9. The minimum Gasteiger partial charge on any atom is -0.481 e. The highest BCUT2D eigenvalue weighted by Crippen LogP contribution is 2.27. The van der Waals surface area contributed by atoms with Crippen molar-refractivity contribution in [3.63, 3.8) is 0 Å². The van der Waals surface area contributed by atoms with E-state index >= 15 is 0 Å². The van der Waals surface area contributed by atoms with E-state index < -0.39 is 23.7 Å². The Labute approximate surface area is 124 Å². The van der Waals surface area contributed by atoms with Gasteiger partial charge in [0, 0.05) is 0 Å². The monoisotopic (exact) mass is 349 g/mol. The number of thiophene rings is 1. The Morgan fingerprint density at radius 2 is 2.16 bits per heavy atom. The third-order valence-corrected chi connectivity index (χ3v) is 3.58. The predicted molar refractivity (Wildman–Crippen MR) is 76.4 cm³/mol. The summed E-state index contributed by atoms with van der Waals surface area (Å²) in [5.74, 6) is -0.983. The molecule has 0 fully saturated rings. The molecule has 1 amide bonds. The SMILES string of the molecule is CC(C)(C)OC(=O)N[C@@H](CC(=O)O)c1csc(Br)c1. The maximum Gasteiger partial charge on any atom is 0.408 e. The number of nitrogens with one attached hydrogen (secondary N) is 1. The molecule has 19 heavy (non-hydrogen) atoms. The van der Waals surface area contributed by atoms with Gasteiger partial charge in [-0.1, -0.05) is 0 Å². The van der Waals surface area contributed by atoms with Gasteiger partial charge in [0.05, 0.1) is 16.2 Å². The lowest BCUT2D eigenvalue weighted by molar-refractivity contribution is -0.137. The normalized spacial score (nSPS) is 12.8. The molecule has 1 aromatic rings. The summed E-state index contributed by atoms with van der Waals surface area (Å²) in [6.07, 6.45) is -0.816. The van der Waals surface area contributed by atoms with Crippen molar-refractivity contribution in [1.82, 2.24) is 5.32 Å². The number of carbonyl (C=O) groups is 2. The van der Waals surface area contributed by atoms with Gasteiger partial charge >= 0.3 is 12.1 Å². The summed E-state index contributed by atoms with van der Waals surface area (Å²) in [5, 5.41) is 13.3. The molecular formula is C12H16BrNO4S. The molecule has 0 bridgehead atoms. The van der Waals surface area contributed by atoms with Gasteiger partial charge in [-0.05, 0) is 53.7 Å². The lowest BCUT2D eigenvalue weighted by atomic mass is 10.1. The quantitative estimate of drug-likeness (QED) is 0.871. The summed E-state index contributed by atoms with van der Waals surface area (Å²) in [4.78, 5) is 22.6. The van der Waals surface area contributed by atoms with Crippen LogP contribution in [0.15, 0.2) is 15.2 Å². The van der Waals surface area contributed by atoms with Gasteiger partial charge in [-0.2, -0.15) is 0 Å². The number of carboxylic acids is 1. The Bertz CT molecular complexity index is 467. The highest BCUT2D eigenvalue weighted by Gasteiger charge is 2.23. The first-order valence-electron chi connectivity index (χ1n) is 5.62. The van der Waals surface area contributed by atoms with Gasteiger partial charge in [0.25, 0.3) is 0 Å². The number of hydrogen-bond acceptors (Lipinski definition) is 4. The molecule has 1 heterocycles. The number of ether oxygens (including phenoxy) is 1. The number of aliphatic carboxylic acids is 1. The van der Waals surface area contributed by atoms with Crippen molar-refractivity contribution < 1.29 is 19.4 Å². The van der Waals surface area contributed by atoms with Gasteiger partial charge in [-0.3, -0.25) is 4.79 Å². The van der Waals surface area contributed by atoms with Crippen LogP contribution in [0.5, 0.6) is 0 Å². The topological polar surface area (TPSA) is 75.6 Å². The second-order valence-electron chi connectivity index (χ2n) is 4.98. The Morgan fingerprint density at radius 3 is 2.58 bits per heavy atom. The van der Waals surface area contributed by atoms with Crippen molar-refractivity contribution in [3.8, 4) is 0 Å². The lowest BCUT2D eigenvalue weighted by Crippen LogP contribution is -2.35. The molecule has 1 aromatic heterocycles. The largest absolute Gasteiger partial charge is 0.481 e. The van der Waals surface area contributed by atoms with Crippen molar-refractivity contribution in [2.75, 3.05) is 0 Å². The van der Waals surface area contributed by atoms with E-state index in [1.807, 2.05) is 0 Å². The van der Waals surface area contributed by atoms with Crippen molar-refractivity contribution in [2.45, 2.75) is 38.8 Å². The third kappa shape index (κ3) is 6.07. The van der Waals surface area contributed by atoms with Gasteiger partial charge in [-0.15, -0.1) is 11.3 Å². The standard InChI is InChI=1S/C12H16BrNO4S/c1-12(2,3)18-11(17)14-8(5-10(15)16)7-4-9(13)19-6-7/h4,6,8H,5H2,1-3H3,(H,14,17)(H,15,16)/t8-/m0/s1. The Kier molecular flexibility index (Phi) is 5.37. The number of carboxylic acid groups (broad SMARTS) is 1. The van der Waals surface area contributed by atoms with Gasteiger partial charge in [-0.25, -0.2) is 4.79 Å². The molecule has 0 radical (unpaired) electrons. The molecule has 0 saturated heterocycles. The van der Waals surface area contributed by atoms with Crippen LogP contribution in [-0.2, 0) is 9.53 Å². The number of hydrogen-bond donors (Lipinski definition) is 2. The second kappa shape index (κ2) is 6.38. The molecule has 0 unspecified atom stereocenters. The number of carbonyl (C=O) groups excluding carboxylic acids is 1. The second-order valence-corrected chi connectivity index (χ2v) is 7.27. The molecule has 0 aliphatic carbocycles. The van der Waals surface area contributed by atoms with Crippen molar-refractivity contribution in [3.05, 3.63) is 20.8 Å². The molecule has 0 spiro atoms. The third-order valence-electron chi connectivity index (χ3n) is 2.06. The van der Waals surface area contributed by atoms with Crippen LogP contribution in [0.25, 0.3) is 0 Å². The molecule has 106 valence electrons. The minimum absolute atomic E-state index is 0.192. The highest BCUT2D eigenvalue weighted by molar-refractivity contribution is 9.11. The molecule has 0 aromatic carbocycles. The summed E-state index contributed by atoms with van der Waals surface area (Å²) in [6, 6.07) is 1.19. The van der Waals surface area contributed by atoms with E-state index in [1.54, 1.807) is 32.2 Å². The number of halogens is 1. The van der Waals surface area contributed by atoms with Crippen LogP contribution in [0.2, 0.25) is 0 Å². The minimum atomic E-state index is -0.983. The summed E-state index contributed by atoms with van der Waals surface area (Å²) < 4.78 is 6.01. The first kappa shape index (κ1) is 16.0. The zero-order valence-corrected chi connectivity index (χ0v) is 13.3. The summed E-state index contributed by atoms with van der Waals surface area (Å²) in [7, 11) is 0. The van der Waals surface area contributed by atoms with Gasteiger partial charge in [0.15, 0.2) is 0 Å². The van der Waals surface area contributed by atoms with Crippen LogP contribution in [0.3, 0.4) is 0 Å². The van der Waals surface area contributed by atoms with Gasteiger partial charge < -0.3 is 15.2 Å². The van der Waals surface area contributed by atoms with E-state index in [1.165, 1.54) is 11.3 Å².